The average Bonchev–Trinajstić information content (AvgIpc) is 3.49. The first-order valence-corrected chi connectivity index (χ1v) is 9.71. The van der Waals surface area contributed by atoms with Gasteiger partial charge in [-0.3, -0.25) is 9.48 Å². The molecule has 1 atom stereocenters. The Hall–Kier alpha value is -3.61. The summed E-state index contributed by atoms with van der Waals surface area (Å²) in [4.78, 5) is 13.3. The van der Waals surface area contributed by atoms with Gasteiger partial charge < -0.3 is 9.73 Å². The SMILES string of the molecule is Cn1ncc2c1CCCC2NC(=O)c1cc(-c2ccco2)nn1-c1ccccc1. The summed E-state index contributed by atoms with van der Waals surface area (Å²) in [5, 5.41) is 12.2. The van der Waals surface area contributed by atoms with Crippen molar-refractivity contribution in [1.29, 1.82) is 0 Å². The number of aryl methyl sites for hydroxylation is 1. The van der Waals surface area contributed by atoms with Crippen LogP contribution >= 0.6 is 0 Å². The van der Waals surface area contributed by atoms with Crippen molar-refractivity contribution in [3.63, 3.8) is 0 Å². The maximum Gasteiger partial charge on any atom is 0.270 e. The summed E-state index contributed by atoms with van der Waals surface area (Å²) in [5.74, 6) is 0.460. The Kier molecular flexibility index (Phi) is 4.27. The van der Waals surface area contributed by atoms with Crippen LogP contribution in [0.1, 0.15) is 40.6 Å². The van der Waals surface area contributed by atoms with Crippen LogP contribution in [0.25, 0.3) is 17.1 Å². The minimum Gasteiger partial charge on any atom is -0.463 e. The molecule has 146 valence electrons. The second-order valence-corrected chi connectivity index (χ2v) is 7.23. The molecule has 0 spiro atoms. The highest BCUT2D eigenvalue weighted by atomic mass is 16.3. The van der Waals surface area contributed by atoms with Gasteiger partial charge in [-0.05, 0) is 43.5 Å². The van der Waals surface area contributed by atoms with Gasteiger partial charge in [0.15, 0.2) is 5.76 Å². The number of nitrogens with one attached hydrogen (secondary N) is 1. The minimum atomic E-state index is -0.166. The van der Waals surface area contributed by atoms with E-state index in [-0.39, 0.29) is 11.9 Å². The van der Waals surface area contributed by atoms with Gasteiger partial charge in [0.1, 0.15) is 11.4 Å². The van der Waals surface area contributed by atoms with Gasteiger partial charge >= 0.3 is 0 Å². The van der Waals surface area contributed by atoms with Crippen molar-refractivity contribution >= 4 is 5.91 Å². The number of amides is 1. The zero-order valence-electron chi connectivity index (χ0n) is 16.1. The van der Waals surface area contributed by atoms with Crippen LogP contribution in [0.2, 0.25) is 0 Å². The molecule has 0 aliphatic heterocycles. The summed E-state index contributed by atoms with van der Waals surface area (Å²) >= 11 is 0. The molecule has 0 bridgehead atoms. The molecule has 1 unspecified atom stereocenters. The molecule has 0 saturated carbocycles. The van der Waals surface area contributed by atoms with Gasteiger partial charge in [0.25, 0.3) is 5.91 Å². The van der Waals surface area contributed by atoms with Gasteiger partial charge in [-0.1, -0.05) is 18.2 Å². The van der Waals surface area contributed by atoms with Crippen molar-refractivity contribution in [3.05, 3.63) is 77.9 Å². The summed E-state index contributed by atoms with van der Waals surface area (Å²) in [7, 11) is 1.95. The van der Waals surface area contributed by atoms with Crippen LogP contribution in [0.5, 0.6) is 0 Å². The Morgan fingerprint density at radius 1 is 1.21 bits per heavy atom. The number of para-hydroxylation sites is 1. The molecule has 0 radical (unpaired) electrons. The Labute approximate surface area is 168 Å². The lowest BCUT2D eigenvalue weighted by atomic mass is 9.93. The van der Waals surface area contributed by atoms with Crippen LogP contribution < -0.4 is 5.32 Å². The molecule has 3 heterocycles. The van der Waals surface area contributed by atoms with Crippen LogP contribution in [-0.4, -0.2) is 25.5 Å². The van der Waals surface area contributed by atoms with Gasteiger partial charge in [0, 0.05) is 24.4 Å². The molecule has 1 aliphatic rings. The molecule has 5 rings (SSSR count). The van der Waals surface area contributed by atoms with Crippen LogP contribution in [-0.2, 0) is 13.5 Å². The summed E-state index contributed by atoms with van der Waals surface area (Å²) < 4.78 is 9.05. The van der Waals surface area contributed by atoms with Crippen LogP contribution in [0.4, 0.5) is 0 Å². The number of benzene rings is 1. The van der Waals surface area contributed by atoms with Gasteiger partial charge in [-0.15, -0.1) is 0 Å². The van der Waals surface area contributed by atoms with Crippen LogP contribution in [0, 0.1) is 0 Å². The molecular formula is C22H21N5O2. The summed E-state index contributed by atoms with van der Waals surface area (Å²) in [6.45, 7) is 0. The van der Waals surface area contributed by atoms with Crippen molar-refractivity contribution in [2.24, 2.45) is 7.05 Å². The third-order valence-corrected chi connectivity index (χ3v) is 5.40. The number of hydrogen-bond donors (Lipinski definition) is 1. The highest BCUT2D eigenvalue weighted by molar-refractivity contribution is 5.94. The number of nitrogens with zero attached hydrogens (tertiary/aromatic N) is 4. The number of hydrogen-bond acceptors (Lipinski definition) is 4. The van der Waals surface area contributed by atoms with Crippen molar-refractivity contribution < 1.29 is 9.21 Å². The first-order chi connectivity index (χ1) is 14.2. The molecule has 0 saturated heterocycles. The number of aromatic nitrogens is 4. The minimum absolute atomic E-state index is 0.0499. The Balaban J connectivity index is 1.51. The molecule has 1 N–H and O–H groups in total. The molecule has 7 heteroatoms. The molecule has 4 aromatic rings. The summed E-state index contributed by atoms with van der Waals surface area (Å²) in [6, 6.07) is 15.0. The maximum absolute atomic E-state index is 13.3. The molecule has 0 fully saturated rings. The van der Waals surface area contributed by atoms with Crippen LogP contribution in [0.3, 0.4) is 0 Å². The number of carbonyl (C=O) groups excluding carboxylic acids is 1. The fraction of sp³-hybridized carbons (Fsp3) is 0.227. The van der Waals surface area contributed by atoms with E-state index in [0.29, 0.717) is 17.1 Å². The number of fused-ring (bicyclic) bond motifs is 1. The standard InChI is InChI=1S/C22H21N5O2/c1-26-19-10-5-9-17(16(19)14-23-26)24-22(28)20-13-18(21-11-6-12-29-21)25-27(20)15-7-3-2-4-8-15/h2-4,6-8,11-14,17H,5,9-10H2,1H3,(H,24,28). The lowest BCUT2D eigenvalue weighted by Crippen LogP contribution is -2.32. The largest absolute Gasteiger partial charge is 0.463 e. The van der Waals surface area contributed by atoms with E-state index in [0.717, 1.165) is 30.5 Å². The molecule has 7 nitrogen and oxygen atoms in total. The van der Waals surface area contributed by atoms with E-state index >= 15 is 0 Å². The third-order valence-electron chi connectivity index (χ3n) is 5.40. The van der Waals surface area contributed by atoms with Gasteiger partial charge in [-0.2, -0.15) is 10.2 Å². The van der Waals surface area contributed by atoms with E-state index < -0.39 is 0 Å². The Morgan fingerprint density at radius 3 is 2.86 bits per heavy atom. The zero-order valence-corrected chi connectivity index (χ0v) is 16.1. The monoisotopic (exact) mass is 387 g/mol. The Morgan fingerprint density at radius 2 is 2.07 bits per heavy atom. The number of carbonyl (C=O) groups is 1. The predicted octanol–water partition coefficient (Wildman–Crippen LogP) is 3.67. The molecule has 29 heavy (non-hydrogen) atoms. The smallest absolute Gasteiger partial charge is 0.270 e. The van der Waals surface area contributed by atoms with Crippen molar-refractivity contribution in [3.8, 4) is 17.1 Å². The number of rotatable bonds is 4. The van der Waals surface area contributed by atoms with Crippen molar-refractivity contribution in [1.82, 2.24) is 24.9 Å². The Bertz CT molecular complexity index is 1140. The molecule has 1 aromatic carbocycles. The topological polar surface area (TPSA) is 77.9 Å². The fourth-order valence-corrected chi connectivity index (χ4v) is 3.94. The number of furan rings is 1. The van der Waals surface area contributed by atoms with Gasteiger partial charge in [-0.25, -0.2) is 4.68 Å². The van der Waals surface area contributed by atoms with E-state index in [1.807, 2.05) is 60.4 Å². The van der Waals surface area contributed by atoms with E-state index in [9.17, 15) is 4.79 Å². The van der Waals surface area contributed by atoms with E-state index in [4.69, 9.17) is 4.42 Å². The molecular weight excluding hydrogens is 366 g/mol. The predicted molar refractivity (Wildman–Crippen MR) is 108 cm³/mol. The summed E-state index contributed by atoms with van der Waals surface area (Å²) in [6.07, 6.45) is 6.37. The average molecular weight is 387 g/mol. The first kappa shape index (κ1) is 17.5. The third kappa shape index (κ3) is 3.14. The highest BCUT2D eigenvalue weighted by Gasteiger charge is 2.27. The second kappa shape index (κ2) is 7.09. The van der Waals surface area contributed by atoms with Gasteiger partial charge in [0.05, 0.1) is 24.2 Å². The van der Waals surface area contributed by atoms with E-state index in [2.05, 4.69) is 15.5 Å². The normalized spacial score (nSPS) is 15.8. The van der Waals surface area contributed by atoms with E-state index in [1.54, 1.807) is 17.0 Å². The summed E-state index contributed by atoms with van der Waals surface area (Å²) in [5.41, 5.74) is 4.20. The zero-order chi connectivity index (χ0) is 19.8. The van der Waals surface area contributed by atoms with Crippen LogP contribution in [0.15, 0.2) is 65.4 Å². The fourth-order valence-electron chi connectivity index (χ4n) is 3.94. The van der Waals surface area contributed by atoms with Crippen molar-refractivity contribution in [2.45, 2.75) is 25.3 Å². The first-order valence-electron chi connectivity index (χ1n) is 9.71. The van der Waals surface area contributed by atoms with Gasteiger partial charge in [0.2, 0.25) is 0 Å². The molecule has 3 aromatic heterocycles. The van der Waals surface area contributed by atoms with Crippen molar-refractivity contribution in [2.75, 3.05) is 0 Å². The molecule has 1 amide bonds. The quantitative estimate of drug-likeness (QED) is 0.580. The lowest BCUT2D eigenvalue weighted by Gasteiger charge is -2.23. The second-order valence-electron chi connectivity index (χ2n) is 7.23. The highest BCUT2D eigenvalue weighted by Crippen LogP contribution is 2.30. The lowest BCUT2D eigenvalue weighted by molar-refractivity contribution is 0.0924. The maximum atomic E-state index is 13.3. The van der Waals surface area contributed by atoms with E-state index in [1.165, 1.54) is 5.69 Å². The molecule has 1 aliphatic carbocycles.